The first kappa shape index (κ1) is 14.2. The highest BCUT2D eigenvalue weighted by molar-refractivity contribution is 4.99. The Morgan fingerprint density at radius 1 is 1.53 bits per heavy atom. The number of hydrogen-bond acceptors (Lipinski definition) is 3. The van der Waals surface area contributed by atoms with Crippen LogP contribution >= 0.6 is 0 Å². The Morgan fingerprint density at radius 3 is 2.94 bits per heavy atom. The fourth-order valence-corrected chi connectivity index (χ4v) is 1.97. The van der Waals surface area contributed by atoms with Crippen LogP contribution in [0, 0.1) is 0 Å². The van der Waals surface area contributed by atoms with Crippen molar-refractivity contribution in [1.29, 1.82) is 0 Å². The summed E-state index contributed by atoms with van der Waals surface area (Å²) in [5.74, 6) is 0. The normalized spacial score (nSPS) is 12.9. The van der Waals surface area contributed by atoms with Crippen LogP contribution in [0.5, 0.6) is 0 Å². The largest absolute Gasteiger partial charge is 0.383 e. The Bertz CT molecular complexity index is 299. The van der Waals surface area contributed by atoms with Gasteiger partial charge in [-0.3, -0.25) is 4.68 Å². The van der Waals surface area contributed by atoms with E-state index in [4.69, 9.17) is 4.74 Å². The predicted octanol–water partition coefficient (Wildman–Crippen LogP) is 1.76. The first-order valence-electron chi connectivity index (χ1n) is 6.47. The molecule has 1 N–H and O–H groups in total. The van der Waals surface area contributed by atoms with E-state index in [1.54, 1.807) is 7.11 Å². The number of methoxy groups -OCH3 is 1. The number of aryl methyl sites for hydroxylation is 2. The first-order valence-corrected chi connectivity index (χ1v) is 6.47. The maximum Gasteiger partial charge on any atom is 0.0615 e. The molecule has 0 fully saturated rings. The fourth-order valence-electron chi connectivity index (χ4n) is 1.97. The lowest BCUT2D eigenvalue weighted by atomic mass is 10.1. The van der Waals surface area contributed by atoms with E-state index in [0.29, 0.717) is 6.04 Å². The van der Waals surface area contributed by atoms with Crippen LogP contribution in [0.2, 0.25) is 0 Å². The molecular formula is C13H25N3O. The maximum atomic E-state index is 5.23. The molecule has 4 heteroatoms. The molecule has 1 heterocycles. The van der Waals surface area contributed by atoms with Gasteiger partial charge in [-0.1, -0.05) is 6.92 Å². The van der Waals surface area contributed by atoms with Crippen molar-refractivity contribution in [1.82, 2.24) is 15.1 Å². The third-order valence-corrected chi connectivity index (χ3v) is 2.96. The number of ether oxygens (including phenoxy) is 1. The minimum atomic E-state index is 0.480. The van der Waals surface area contributed by atoms with E-state index in [-0.39, 0.29) is 0 Å². The standard InChI is InChI=1S/C13H25N3O/c1-4-9-14-12(11-17-3)6-5-7-13-8-10-15-16(13)2/h8,10,12,14H,4-7,9,11H2,1-3H3. The minimum Gasteiger partial charge on any atom is -0.383 e. The smallest absolute Gasteiger partial charge is 0.0615 e. The Morgan fingerprint density at radius 2 is 2.35 bits per heavy atom. The Balaban J connectivity index is 2.24. The van der Waals surface area contributed by atoms with Gasteiger partial charge in [0, 0.05) is 32.1 Å². The molecule has 1 atom stereocenters. The summed E-state index contributed by atoms with van der Waals surface area (Å²) in [6.45, 7) is 4.05. The fraction of sp³-hybridized carbons (Fsp3) is 0.769. The van der Waals surface area contributed by atoms with E-state index in [1.807, 2.05) is 17.9 Å². The average Bonchev–Trinajstić information content (AvgIpc) is 2.72. The highest BCUT2D eigenvalue weighted by Crippen LogP contribution is 2.06. The molecule has 0 spiro atoms. The van der Waals surface area contributed by atoms with Gasteiger partial charge >= 0.3 is 0 Å². The monoisotopic (exact) mass is 239 g/mol. The van der Waals surface area contributed by atoms with E-state index in [9.17, 15) is 0 Å². The summed E-state index contributed by atoms with van der Waals surface area (Å²) in [5, 5.41) is 7.69. The number of hydrogen-bond donors (Lipinski definition) is 1. The summed E-state index contributed by atoms with van der Waals surface area (Å²) in [6.07, 6.45) is 6.44. The molecule has 1 aromatic rings. The molecule has 1 unspecified atom stereocenters. The van der Waals surface area contributed by atoms with Crippen molar-refractivity contribution in [3.8, 4) is 0 Å². The van der Waals surface area contributed by atoms with Crippen molar-refractivity contribution in [3.05, 3.63) is 18.0 Å². The Hall–Kier alpha value is -0.870. The van der Waals surface area contributed by atoms with Crippen LogP contribution in [0.25, 0.3) is 0 Å². The molecule has 1 aromatic heterocycles. The van der Waals surface area contributed by atoms with Gasteiger partial charge in [-0.2, -0.15) is 5.10 Å². The van der Waals surface area contributed by atoms with Crippen LogP contribution in [0.1, 0.15) is 31.9 Å². The van der Waals surface area contributed by atoms with Gasteiger partial charge in [0.1, 0.15) is 0 Å². The molecule has 4 nitrogen and oxygen atoms in total. The second-order valence-electron chi connectivity index (χ2n) is 4.44. The zero-order valence-electron chi connectivity index (χ0n) is 11.3. The van der Waals surface area contributed by atoms with Gasteiger partial charge in [0.25, 0.3) is 0 Å². The number of nitrogens with one attached hydrogen (secondary N) is 1. The second kappa shape index (κ2) is 8.25. The van der Waals surface area contributed by atoms with Crippen molar-refractivity contribution in [2.45, 2.75) is 38.6 Å². The number of aromatic nitrogens is 2. The van der Waals surface area contributed by atoms with Gasteiger partial charge in [-0.15, -0.1) is 0 Å². The van der Waals surface area contributed by atoms with E-state index in [1.165, 1.54) is 18.5 Å². The van der Waals surface area contributed by atoms with Gasteiger partial charge in [0.15, 0.2) is 0 Å². The van der Waals surface area contributed by atoms with Crippen LogP contribution in [0.15, 0.2) is 12.3 Å². The van der Waals surface area contributed by atoms with Crippen LogP contribution in [0.3, 0.4) is 0 Å². The van der Waals surface area contributed by atoms with E-state index < -0.39 is 0 Å². The second-order valence-corrected chi connectivity index (χ2v) is 4.44. The molecule has 0 aliphatic carbocycles. The van der Waals surface area contributed by atoms with Crippen LogP contribution in [0.4, 0.5) is 0 Å². The van der Waals surface area contributed by atoms with E-state index in [2.05, 4.69) is 23.4 Å². The molecule has 0 saturated heterocycles. The lowest BCUT2D eigenvalue weighted by Gasteiger charge is -2.17. The van der Waals surface area contributed by atoms with Crippen molar-refractivity contribution in [2.75, 3.05) is 20.3 Å². The summed E-state index contributed by atoms with van der Waals surface area (Å²) < 4.78 is 7.18. The van der Waals surface area contributed by atoms with E-state index >= 15 is 0 Å². The molecule has 0 bridgehead atoms. The van der Waals surface area contributed by atoms with Crippen LogP contribution in [-0.4, -0.2) is 36.1 Å². The topological polar surface area (TPSA) is 39.1 Å². The Labute approximate surface area is 104 Å². The number of rotatable bonds is 9. The Kier molecular flexibility index (Phi) is 6.89. The number of nitrogens with zero attached hydrogens (tertiary/aromatic N) is 2. The van der Waals surface area contributed by atoms with Gasteiger partial charge < -0.3 is 10.1 Å². The third kappa shape index (κ3) is 5.33. The molecule has 0 amide bonds. The molecule has 0 aliphatic rings. The quantitative estimate of drug-likeness (QED) is 0.713. The molecule has 0 radical (unpaired) electrons. The molecule has 17 heavy (non-hydrogen) atoms. The summed E-state index contributed by atoms with van der Waals surface area (Å²) >= 11 is 0. The van der Waals surface area contributed by atoms with Crippen molar-refractivity contribution in [2.24, 2.45) is 7.05 Å². The van der Waals surface area contributed by atoms with Crippen LogP contribution < -0.4 is 5.32 Å². The van der Waals surface area contributed by atoms with Gasteiger partial charge in [0.05, 0.1) is 6.61 Å². The lowest BCUT2D eigenvalue weighted by molar-refractivity contribution is 0.161. The van der Waals surface area contributed by atoms with Crippen molar-refractivity contribution < 1.29 is 4.74 Å². The molecule has 98 valence electrons. The molecule has 1 rings (SSSR count). The molecular weight excluding hydrogens is 214 g/mol. The average molecular weight is 239 g/mol. The molecule has 0 saturated carbocycles. The third-order valence-electron chi connectivity index (χ3n) is 2.96. The predicted molar refractivity (Wildman–Crippen MR) is 70.1 cm³/mol. The first-order chi connectivity index (χ1) is 8.27. The minimum absolute atomic E-state index is 0.480. The van der Waals surface area contributed by atoms with Gasteiger partial charge in [-0.25, -0.2) is 0 Å². The van der Waals surface area contributed by atoms with E-state index in [0.717, 1.165) is 26.0 Å². The highest BCUT2D eigenvalue weighted by atomic mass is 16.5. The summed E-state index contributed by atoms with van der Waals surface area (Å²) in [7, 11) is 3.76. The van der Waals surface area contributed by atoms with Gasteiger partial charge in [-0.05, 0) is 38.3 Å². The zero-order chi connectivity index (χ0) is 12.5. The van der Waals surface area contributed by atoms with Crippen LogP contribution in [-0.2, 0) is 18.2 Å². The summed E-state index contributed by atoms with van der Waals surface area (Å²) in [6, 6.07) is 2.57. The highest BCUT2D eigenvalue weighted by Gasteiger charge is 2.07. The van der Waals surface area contributed by atoms with Crippen molar-refractivity contribution >= 4 is 0 Å². The van der Waals surface area contributed by atoms with Gasteiger partial charge in [0.2, 0.25) is 0 Å². The molecule has 0 aromatic carbocycles. The summed E-state index contributed by atoms with van der Waals surface area (Å²) in [5.41, 5.74) is 1.30. The van der Waals surface area contributed by atoms with Crippen molar-refractivity contribution in [3.63, 3.8) is 0 Å². The lowest BCUT2D eigenvalue weighted by Crippen LogP contribution is -2.33. The maximum absolute atomic E-state index is 5.23. The molecule has 0 aliphatic heterocycles. The zero-order valence-corrected chi connectivity index (χ0v) is 11.3. The summed E-state index contributed by atoms with van der Waals surface area (Å²) in [4.78, 5) is 0. The SMILES string of the molecule is CCCNC(CCCc1ccnn1C)COC.